The van der Waals surface area contributed by atoms with Crippen LogP contribution >= 0.6 is 0 Å². The van der Waals surface area contributed by atoms with Crippen LogP contribution in [0.4, 0.5) is 0 Å². The van der Waals surface area contributed by atoms with Crippen molar-refractivity contribution in [3.63, 3.8) is 0 Å². The summed E-state index contributed by atoms with van der Waals surface area (Å²) in [5.41, 5.74) is 3.29. The minimum atomic E-state index is 0.544. The summed E-state index contributed by atoms with van der Waals surface area (Å²) in [5, 5.41) is 7.74. The Hall–Kier alpha value is -1.81. The lowest BCUT2D eigenvalue weighted by atomic mass is 10.2. The van der Waals surface area contributed by atoms with Crippen LogP contribution in [-0.4, -0.2) is 16.3 Å². The van der Waals surface area contributed by atoms with Crippen LogP contribution in [0, 0.1) is 6.92 Å². The molecule has 4 heteroatoms. The van der Waals surface area contributed by atoms with Gasteiger partial charge in [-0.25, -0.2) is 0 Å². The first kappa shape index (κ1) is 14.6. The number of benzene rings is 1. The zero-order chi connectivity index (χ0) is 14.4. The fourth-order valence-electron chi connectivity index (χ4n) is 2.14. The summed E-state index contributed by atoms with van der Waals surface area (Å²) in [5.74, 6) is 0.940. The van der Waals surface area contributed by atoms with Gasteiger partial charge in [0.2, 0.25) is 0 Å². The van der Waals surface area contributed by atoms with Crippen molar-refractivity contribution < 1.29 is 4.74 Å². The van der Waals surface area contributed by atoms with Crippen LogP contribution in [0.2, 0.25) is 0 Å². The molecule has 1 aromatic carbocycles. The topological polar surface area (TPSA) is 39.1 Å². The van der Waals surface area contributed by atoms with E-state index in [2.05, 4.69) is 29.5 Å². The lowest BCUT2D eigenvalue weighted by molar-refractivity contribution is 0.291. The van der Waals surface area contributed by atoms with Crippen LogP contribution in [0.15, 0.2) is 30.3 Å². The Morgan fingerprint density at radius 2 is 2.10 bits per heavy atom. The number of nitrogens with one attached hydrogen (secondary N) is 1. The number of para-hydroxylation sites is 1. The highest BCUT2D eigenvalue weighted by Crippen LogP contribution is 2.19. The van der Waals surface area contributed by atoms with Crippen LogP contribution in [0.5, 0.6) is 5.75 Å². The number of aromatic nitrogens is 2. The first-order valence-corrected chi connectivity index (χ1v) is 7.11. The van der Waals surface area contributed by atoms with E-state index in [-0.39, 0.29) is 0 Å². The van der Waals surface area contributed by atoms with E-state index in [0.717, 1.165) is 36.6 Å². The SMILES string of the molecule is CCCNCc1ccccc1OCc1cc(C)nn1C. The fourth-order valence-corrected chi connectivity index (χ4v) is 2.14. The molecule has 0 saturated heterocycles. The molecule has 0 radical (unpaired) electrons. The van der Waals surface area contributed by atoms with Crippen molar-refractivity contribution in [2.45, 2.75) is 33.4 Å². The second-order valence-electron chi connectivity index (χ2n) is 4.97. The van der Waals surface area contributed by atoms with Crippen molar-refractivity contribution in [1.29, 1.82) is 0 Å². The van der Waals surface area contributed by atoms with Crippen LogP contribution in [0.1, 0.15) is 30.3 Å². The van der Waals surface area contributed by atoms with Crippen molar-refractivity contribution in [1.82, 2.24) is 15.1 Å². The molecule has 0 saturated carbocycles. The highest BCUT2D eigenvalue weighted by atomic mass is 16.5. The van der Waals surface area contributed by atoms with Gasteiger partial charge in [-0.15, -0.1) is 0 Å². The summed E-state index contributed by atoms with van der Waals surface area (Å²) in [6.45, 7) is 6.57. The van der Waals surface area contributed by atoms with Crippen LogP contribution < -0.4 is 10.1 Å². The van der Waals surface area contributed by atoms with Gasteiger partial charge in [0.05, 0.1) is 11.4 Å². The molecule has 0 spiro atoms. The quantitative estimate of drug-likeness (QED) is 0.788. The van der Waals surface area contributed by atoms with Crippen molar-refractivity contribution in [3.8, 4) is 5.75 Å². The molecule has 0 aliphatic carbocycles. The summed E-state index contributed by atoms with van der Waals surface area (Å²) in [4.78, 5) is 0. The molecular formula is C16H23N3O. The molecule has 20 heavy (non-hydrogen) atoms. The number of rotatable bonds is 7. The smallest absolute Gasteiger partial charge is 0.130 e. The van der Waals surface area contributed by atoms with Crippen molar-refractivity contribution >= 4 is 0 Å². The van der Waals surface area contributed by atoms with E-state index in [9.17, 15) is 0 Å². The molecular weight excluding hydrogens is 250 g/mol. The monoisotopic (exact) mass is 273 g/mol. The number of aryl methyl sites for hydroxylation is 2. The molecule has 2 rings (SSSR count). The Morgan fingerprint density at radius 3 is 2.80 bits per heavy atom. The average molecular weight is 273 g/mol. The van der Waals surface area contributed by atoms with E-state index in [1.54, 1.807) is 0 Å². The lowest BCUT2D eigenvalue weighted by Crippen LogP contribution is -2.14. The summed E-state index contributed by atoms with van der Waals surface area (Å²) >= 11 is 0. The minimum absolute atomic E-state index is 0.544. The Balaban J connectivity index is 2.00. The molecule has 1 aromatic heterocycles. The minimum Gasteiger partial charge on any atom is -0.487 e. The van der Waals surface area contributed by atoms with Gasteiger partial charge in [-0.3, -0.25) is 4.68 Å². The van der Waals surface area contributed by atoms with E-state index in [1.807, 2.05) is 36.9 Å². The summed E-state index contributed by atoms with van der Waals surface area (Å²) < 4.78 is 7.82. The molecule has 2 aromatic rings. The average Bonchev–Trinajstić information content (AvgIpc) is 2.76. The van der Waals surface area contributed by atoms with Crippen LogP contribution in [-0.2, 0) is 20.2 Å². The van der Waals surface area contributed by atoms with Gasteiger partial charge in [0.1, 0.15) is 12.4 Å². The molecule has 1 N–H and O–H groups in total. The molecule has 0 amide bonds. The van der Waals surface area contributed by atoms with E-state index >= 15 is 0 Å². The summed E-state index contributed by atoms with van der Waals surface area (Å²) in [6.07, 6.45) is 1.14. The van der Waals surface area contributed by atoms with Crippen molar-refractivity contribution in [2.75, 3.05) is 6.54 Å². The molecule has 1 heterocycles. The predicted octanol–water partition coefficient (Wildman–Crippen LogP) is 2.81. The molecule has 4 nitrogen and oxygen atoms in total. The Bertz CT molecular complexity index is 548. The lowest BCUT2D eigenvalue weighted by Gasteiger charge is -2.12. The first-order valence-electron chi connectivity index (χ1n) is 7.11. The van der Waals surface area contributed by atoms with Crippen LogP contribution in [0.25, 0.3) is 0 Å². The highest BCUT2D eigenvalue weighted by Gasteiger charge is 2.06. The Kier molecular flexibility index (Phi) is 5.18. The standard InChI is InChI=1S/C16H23N3O/c1-4-9-17-11-14-7-5-6-8-16(14)20-12-15-10-13(2)18-19(15)3/h5-8,10,17H,4,9,11-12H2,1-3H3. The van der Waals surface area contributed by atoms with Gasteiger partial charge in [-0.1, -0.05) is 25.1 Å². The zero-order valence-corrected chi connectivity index (χ0v) is 12.5. The summed E-state index contributed by atoms with van der Waals surface area (Å²) in [6, 6.07) is 10.2. The molecule has 0 atom stereocenters. The maximum absolute atomic E-state index is 5.95. The van der Waals surface area contributed by atoms with Crippen molar-refractivity contribution in [3.05, 3.63) is 47.3 Å². The van der Waals surface area contributed by atoms with E-state index in [0.29, 0.717) is 6.61 Å². The van der Waals surface area contributed by atoms with Gasteiger partial charge >= 0.3 is 0 Å². The van der Waals surface area contributed by atoms with Crippen LogP contribution in [0.3, 0.4) is 0 Å². The Labute approximate surface area is 120 Å². The molecule has 108 valence electrons. The third-order valence-electron chi connectivity index (χ3n) is 3.19. The molecule has 0 aliphatic heterocycles. The van der Waals surface area contributed by atoms with Gasteiger partial charge in [0.15, 0.2) is 0 Å². The molecule has 0 bridgehead atoms. The van der Waals surface area contributed by atoms with Gasteiger partial charge < -0.3 is 10.1 Å². The van der Waals surface area contributed by atoms with Gasteiger partial charge in [0, 0.05) is 19.2 Å². The molecule has 0 unspecified atom stereocenters. The predicted molar refractivity (Wildman–Crippen MR) is 80.7 cm³/mol. The maximum Gasteiger partial charge on any atom is 0.130 e. The number of ether oxygens (including phenoxy) is 1. The zero-order valence-electron chi connectivity index (χ0n) is 12.5. The van der Waals surface area contributed by atoms with E-state index in [4.69, 9.17) is 4.74 Å². The maximum atomic E-state index is 5.95. The number of nitrogens with zero attached hydrogens (tertiary/aromatic N) is 2. The Morgan fingerprint density at radius 1 is 1.30 bits per heavy atom. The van der Waals surface area contributed by atoms with Gasteiger partial charge in [0.25, 0.3) is 0 Å². The first-order chi connectivity index (χ1) is 9.70. The van der Waals surface area contributed by atoms with Gasteiger partial charge in [-0.05, 0) is 32.0 Å². The third kappa shape index (κ3) is 3.84. The fraction of sp³-hybridized carbons (Fsp3) is 0.438. The molecule has 0 fully saturated rings. The molecule has 0 aliphatic rings. The van der Waals surface area contributed by atoms with Gasteiger partial charge in [-0.2, -0.15) is 5.10 Å². The number of hydrogen-bond acceptors (Lipinski definition) is 3. The van der Waals surface area contributed by atoms with Crippen molar-refractivity contribution in [2.24, 2.45) is 7.05 Å². The second kappa shape index (κ2) is 7.10. The van der Waals surface area contributed by atoms with E-state index in [1.165, 1.54) is 5.56 Å². The third-order valence-corrected chi connectivity index (χ3v) is 3.19. The highest BCUT2D eigenvalue weighted by molar-refractivity contribution is 5.33. The largest absolute Gasteiger partial charge is 0.487 e. The second-order valence-corrected chi connectivity index (χ2v) is 4.97. The van der Waals surface area contributed by atoms with E-state index < -0.39 is 0 Å². The summed E-state index contributed by atoms with van der Waals surface area (Å²) in [7, 11) is 1.94. The number of hydrogen-bond donors (Lipinski definition) is 1. The normalized spacial score (nSPS) is 10.8.